The van der Waals surface area contributed by atoms with E-state index in [4.69, 9.17) is 5.84 Å². The van der Waals surface area contributed by atoms with Crippen molar-refractivity contribution in [2.45, 2.75) is 17.4 Å². The van der Waals surface area contributed by atoms with Gasteiger partial charge in [-0.05, 0) is 68.1 Å². The Morgan fingerprint density at radius 1 is 1.14 bits per heavy atom. The van der Waals surface area contributed by atoms with E-state index >= 15 is 0 Å². The fourth-order valence-corrected chi connectivity index (χ4v) is 3.90. The number of thioether (sulfide) groups is 1. The predicted octanol–water partition coefficient (Wildman–Crippen LogP) is 4.52. The molecule has 2 aromatic carbocycles. The van der Waals surface area contributed by atoms with E-state index in [1.54, 1.807) is 23.9 Å². The lowest BCUT2D eigenvalue weighted by Gasteiger charge is -2.16. The third-order valence-electron chi connectivity index (χ3n) is 2.98. The summed E-state index contributed by atoms with van der Waals surface area (Å²) in [4.78, 5) is 1.18. The summed E-state index contributed by atoms with van der Waals surface area (Å²) in [5.41, 5.74) is 3.87. The van der Waals surface area contributed by atoms with E-state index < -0.39 is 0 Å². The summed E-state index contributed by atoms with van der Waals surface area (Å²) >= 11 is 8.47. The molecule has 0 aliphatic heterocycles. The van der Waals surface area contributed by atoms with Crippen LogP contribution in [0.25, 0.3) is 0 Å². The molecule has 2 aromatic rings. The second-order valence-electron chi connectivity index (χ2n) is 4.56. The summed E-state index contributed by atoms with van der Waals surface area (Å²) in [5.74, 6) is 6.21. The zero-order chi connectivity index (χ0) is 15.2. The van der Waals surface area contributed by atoms with Crippen LogP contribution in [-0.2, 0) is 6.42 Å². The minimum Gasteiger partial charge on any atom is -0.271 e. The van der Waals surface area contributed by atoms with Crippen molar-refractivity contribution < 1.29 is 4.39 Å². The van der Waals surface area contributed by atoms with Crippen LogP contribution in [0.4, 0.5) is 4.39 Å². The summed E-state index contributed by atoms with van der Waals surface area (Å²) in [6.45, 7) is 0. The minimum atomic E-state index is -0.251. The summed E-state index contributed by atoms with van der Waals surface area (Å²) in [7, 11) is 0. The van der Waals surface area contributed by atoms with Gasteiger partial charge < -0.3 is 0 Å². The van der Waals surface area contributed by atoms with Crippen LogP contribution in [-0.4, -0.2) is 11.8 Å². The maximum absolute atomic E-state index is 13.2. The largest absolute Gasteiger partial charge is 0.271 e. The van der Waals surface area contributed by atoms with E-state index in [-0.39, 0.29) is 11.9 Å². The van der Waals surface area contributed by atoms with E-state index in [1.807, 2.05) is 18.2 Å². The van der Waals surface area contributed by atoms with E-state index in [1.165, 1.54) is 11.0 Å². The van der Waals surface area contributed by atoms with Crippen LogP contribution in [0, 0.1) is 5.82 Å². The number of benzene rings is 2. The smallest absolute Gasteiger partial charge is 0.137 e. The number of nitrogens with one attached hydrogen (secondary N) is 1. The number of hydrogen-bond acceptors (Lipinski definition) is 3. The van der Waals surface area contributed by atoms with Crippen molar-refractivity contribution in [1.29, 1.82) is 0 Å². The highest BCUT2D eigenvalue weighted by molar-refractivity contribution is 9.10. The van der Waals surface area contributed by atoms with E-state index in [2.05, 4.69) is 43.4 Å². The first-order valence-electron chi connectivity index (χ1n) is 6.37. The molecule has 0 aliphatic rings. The molecule has 0 saturated carbocycles. The highest BCUT2D eigenvalue weighted by Gasteiger charge is 2.11. The molecule has 0 radical (unpaired) electrons. The van der Waals surface area contributed by atoms with Crippen molar-refractivity contribution >= 4 is 43.6 Å². The molecule has 1 atom stereocenters. The monoisotopic (exact) mass is 432 g/mol. The van der Waals surface area contributed by atoms with Gasteiger partial charge in [0.05, 0.1) is 4.47 Å². The lowest BCUT2D eigenvalue weighted by Crippen LogP contribution is -2.38. The molecule has 112 valence electrons. The molecule has 0 saturated heterocycles. The summed E-state index contributed by atoms with van der Waals surface area (Å²) < 4.78 is 14.8. The summed E-state index contributed by atoms with van der Waals surface area (Å²) in [6.07, 6.45) is 0.743. The number of hydrogen-bond donors (Lipinski definition) is 2. The molecular weight excluding hydrogens is 419 g/mol. The first-order chi connectivity index (χ1) is 10.1. The Labute approximate surface area is 144 Å². The number of nitrogens with two attached hydrogens (primary N) is 1. The molecule has 21 heavy (non-hydrogen) atoms. The minimum absolute atomic E-state index is 0.111. The summed E-state index contributed by atoms with van der Waals surface area (Å²) in [5, 5.41) is 0. The molecule has 0 aromatic heterocycles. The molecule has 0 amide bonds. The van der Waals surface area contributed by atoms with Crippen molar-refractivity contribution in [1.82, 2.24) is 5.43 Å². The van der Waals surface area contributed by atoms with Gasteiger partial charge in [0.15, 0.2) is 0 Å². The average Bonchev–Trinajstić information content (AvgIpc) is 2.48. The molecule has 6 heteroatoms. The van der Waals surface area contributed by atoms with Gasteiger partial charge in [-0.15, -0.1) is 11.8 Å². The van der Waals surface area contributed by atoms with Crippen LogP contribution in [0.1, 0.15) is 5.56 Å². The standard InChI is InChI=1S/C15H15Br2FN2S/c16-12-3-1-2-4-15(12)21-9-11(20-19)7-10-5-6-14(18)13(17)8-10/h1-6,8,11,20H,7,9,19H2. The molecule has 0 bridgehead atoms. The Balaban J connectivity index is 1.97. The van der Waals surface area contributed by atoms with Crippen molar-refractivity contribution in [2.24, 2.45) is 5.84 Å². The van der Waals surface area contributed by atoms with Crippen LogP contribution in [0.5, 0.6) is 0 Å². The van der Waals surface area contributed by atoms with Gasteiger partial charge in [0, 0.05) is 21.2 Å². The quantitative estimate of drug-likeness (QED) is 0.399. The second-order valence-corrected chi connectivity index (χ2v) is 7.33. The highest BCUT2D eigenvalue weighted by Crippen LogP contribution is 2.28. The van der Waals surface area contributed by atoms with Crippen molar-refractivity contribution in [3.05, 3.63) is 62.8 Å². The van der Waals surface area contributed by atoms with Crippen molar-refractivity contribution in [3.63, 3.8) is 0 Å². The molecule has 2 rings (SSSR count). The van der Waals surface area contributed by atoms with Crippen molar-refractivity contribution in [2.75, 3.05) is 5.75 Å². The second kappa shape index (κ2) is 8.29. The molecule has 3 N–H and O–H groups in total. The Morgan fingerprint density at radius 3 is 2.57 bits per heavy atom. The average molecular weight is 434 g/mol. The van der Waals surface area contributed by atoms with Crippen LogP contribution >= 0.6 is 43.6 Å². The molecule has 0 heterocycles. The third-order valence-corrected chi connectivity index (χ3v) is 5.78. The molecular formula is C15H15Br2FN2S. The SMILES string of the molecule is NNC(CSc1ccccc1Br)Cc1ccc(F)c(Br)c1. The molecule has 0 spiro atoms. The van der Waals surface area contributed by atoms with Crippen LogP contribution in [0.15, 0.2) is 56.3 Å². The predicted molar refractivity (Wildman–Crippen MR) is 93.8 cm³/mol. The Bertz CT molecular complexity index is 610. The first-order valence-corrected chi connectivity index (χ1v) is 8.94. The van der Waals surface area contributed by atoms with E-state index in [0.717, 1.165) is 22.2 Å². The lowest BCUT2D eigenvalue weighted by atomic mass is 10.1. The molecule has 0 aliphatic carbocycles. The van der Waals surface area contributed by atoms with Gasteiger partial charge in [-0.3, -0.25) is 11.3 Å². The van der Waals surface area contributed by atoms with Crippen LogP contribution in [0.2, 0.25) is 0 Å². The van der Waals surface area contributed by atoms with E-state index in [9.17, 15) is 4.39 Å². The molecule has 2 nitrogen and oxygen atoms in total. The van der Waals surface area contributed by atoms with Gasteiger partial charge in [-0.25, -0.2) is 4.39 Å². The number of hydrazine groups is 1. The van der Waals surface area contributed by atoms with Crippen molar-refractivity contribution in [3.8, 4) is 0 Å². The molecule has 1 unspecified atom stereocenters. The van der Waals surface area contributed by atoms with Gasteiger partial charge in [-0.1, -0.05) is 18.2 Å². The number of rotatable bonds is 6. The van der Waals surface area contributed by atoms with Gasteiger partial charge in [0.2, 0.25) is 0 Å². The fourth-order valence-electron chi connectivity index (χ4n) is 1.87. The third kappa shape index (κ3) is 5.07. The fraction of sp³-hybridized carbons (Fsp3) is 0.200. The van der Waals surface area contributed by atoms with E-state index in [0.29, 0.717) is 4.47 Å². The van der Waals surface area contributed by atoms with Gasteiger partial charge >= 0.3 is 0 Å². The van der Waals surface area contributed by atoms with Crippen LogP contribution in [0.3, 0.4) is 0 Å². The topological polar surface area (TPSA) is 38.0 Å². The highest BCUT2D eigenvalue weighted by atomic mass is 79.9. The maximum Gasteiger partial charge on any atom is 0.137 e. The van der Waals surface area contributed by atoms with Gasteiger partial charge in [0.25, 0.3) is 0 Å². The Hall–Kier alpha value is -0.400. The van der Waals surface area contributed by atoms with Gasteiger partial charge in [0.1, 0.15) is 5.82 Å². The van der Waals surface area contributed by atoms with Crippen LogP contribution < -0.4 is 11.3 Å². The Morgan fingerprint density at radius 2 is 1.90 bits per heavy atom. The maximum atomic E-state index is 13.2. The lowest BCUT2D eigenvalue weighted by molar-refractivity contribution is 0.573. The first kappa shape index (κ1) is 17.0. The normalized spacial score (nSPS) is 12.4. The Kier molecular flexibility index (Phi) is 6.70. The van der Waals surface area contributed by atoms with Gasteiger partial charge in [-0.2, -0.15) is 0 Å². The molecule has 0 fully saturated rings. The zero-order valence-electron chi connectivity index (χ0n) is 11.2. The summed E-state index contributed by atoms with van der Waals surface area (Å²) in [6, 6.07) is 13.2. The zero-order valence-corrected chi connectivity index (χ0v) is 15.1. The number of halogens is 3.